The van der Waals surface area contributed by atoms with Crippen molar-refractivity contribution in [2.75, 3.05) is 0 Å². The molecule has 0 saturated carbocycles. The molecule has 198 valence electrons. The second kappa shape index (κ2) is 9.25. The van der Waals surface area contributed by atoms with Crippen molar-refractivity contribution < 1.29 is 4.74 Å². The molecule has 1 aliphatic carbocycles. The lowest BCUT2D eigenvalue weighted by Gasteiger charge is -2.35. The SMILES string of the molecule is CC1(C)c2ccc(-c3cc(-c4ccccc4)nc(-c4ccccc4)n3)cc2Oc2c1ccc1c3c(sc21)CCC=C3. The minimum atomic E-state index is -0.188. The van der Waals surface area contributed by atoms with Crippen LogP contribution in [-0.2, 0) is 11.8 Å². The number of ether oxygens (including phenoxy) is 1. The highest BCUT2D eigenvalue weighted by Gasteiger charge is 2.36. The van der Waals surface area contributed by atoms with Gasteiger partial charge in [0.2, 0.25) is 0 Å². The maximum atomic E-state index is 6.84. The number of fused-ring (bicyclic) bond motifs is 6. The topological polar surface area (TPSA) is 35.0 Å². The van der Waals surface area contributed by atoms with Crippen LogP contribution in [0, 0.1) is 0 Å². The van der Waals surface area contributed by atoms with Crippen LogP contribution in [0.3, 0.4) is 0 Å². The molecule has 3 nitrogen and oxygen atoms in total. The van der Waals surface area contributed by atoms with Gasteiger partial charge in [0.25, 0.3) is 0 Å². The van der Waals surface area contributed by atoms with Crippen molar-refractivity contribution in [2.45, 2.75) is 32.1 Å². The molecule has 4 aromatic carbocycles. The van der Waals surface area contributed by atoms with Crippen molar-refractivity contribution >= 4 is 27.5 Å². The lowest BCUT2D eigenvalue weighted by Crippen LogP contribution is -2.24. The van der Waals surface area contributed by atoms with Gasteiger partial charge in [-0.15, -0.1) is 11.3 Å². The molecular formula is C37H28N2OS. The van der Waals surface area contributed by atoms with Gasteiger partial charge in [-0.05, 0) is 30.5 Å². The van der Waals surface area contributed by atoms with Gasteiger partial charge in [0.15, 0.2) is 5.82 Å². The Kier molecular flexibility index (Phi) is 5.48. The maximum Gasteiger partial charge on any atom is 0.160 e. The molecule has 1 aliphatic heterocycles. The second-order valence-corrected chi connectivity index (χ2v) is 12.4. The third kappa shape index (κ3) is 3.93. The van der Waals surface area contributed by atoms with Crippen LogP contribution in [-0.4, -0.2) is 9.97 Å². The molecule has 0 bridgehead atoms. The van der Waals surface area contributed by atoms with Gasteiger partial charge in [-0.3, -0.25) is 0 Å². The van der Waals surface area contributed by atoms with E-state index in [9.17, 15) is 0 Å². The molecule has 2 aliphatic rings. The molecule has 0 atom stereocenters. The summed E-state index contributed by atoms with van der Waals surface area (Å²) in [6, 6.07) is 33.7. The number of nitrogens with zero attached hydrogens (tertiary/aromatic N) is 2. The summed E-state index contributed by atoms with van der Waals surface area (Å²) in [6.07, 6.45) is 6.78. The number of rotatable bonds is 3. The van der Waals surface area contributed by atoms with Crippen LogP contribution in [0.25, 0.3) is 50.1 Å². The first-order valence-electron chi connectivity index (χ1n) is 14.1. The Balaban J connectivity index is 1.28. The number of thiophene rings is 1. The van der Waals surface area contributed by atoms with Gasteiger partial charge in [-0.25, -0.2) is 9.97 Å². The molecule has 0 N–H and O–H groups in total. The van der Waals surface area contributed by atoms with Crippen molar-refractivity contribution in [3.8, 4) is 45.4 Å². The molecule has 0 spiro atoms. The Hall–Kier alpha value is -4.54. The van der Waals surface area contributed by atoms with E-state index in [0.717, 1.165) is 52.4 Å². The average Bonchev–Trinajstić information content (AvgIpc) is 3.41. The third-order valence-electron chi connectivity index (χ3n) is 8.41. The molecule has 41 heavy (non-hydrogen) atoms. The molecule has 4 heteroatoms. The summed E-state index contributed by atoms with van der Waals surface area (Å²) < 4.78 is 8.09. The zero-order valence-corrected chi connectivity index (χ0v) is 23.8. The largest absolute Gasteiger partial charge is 0.455 e. The van der Waals surface area contributed by atoms with Gasteiger partial charge < -0.3 is 4.74 Å². The molecule has 3 heterocycles. The summed E-state index contributed by atoms with van der Waals surface area (Å²) in [5, 5.41) is 1.30. The first-order chi connectivity index (χ1) is 20.1. The summed E-state index contributed by atoms with van der Waals surface area (Å²) in [5.74, 6) is 2.61. The van der Waals surface area contributed by atoms with E-state index in [1.54, 1.807) is 0 Å². The number of aryl methyl sites for hydroxylation is 1. The minimum absolute atomic E-state index is 0.188. The van der Waals surface area contributed by atoms with Gasteiger partial charge in [0.1, 0.15) is 11.5 Å². The van der Waals surface area contributed by atoms with E-state index in [4.69, 9.17) is 14.7 Å². The van der Waals surface area contributed by atoms with Gasteiger partial charge >= 0.3 is 0 Å². The van der Waals surface area contributed by atoms with E-state index in [1.165, 1.54) is 31.7 Å². The molecule has 6 aromatic rings. The monoisotopic (exact) mass is 548 g/mol. The number of allylic oxidation sites excluding steroid dienone is 1. The van der Waals surface area contributed by atoms with Crippen molar-refractivity contribution in [1.29, 1.82) is 0 Å². The maximum absolute atomic E-state index is 6.84. The normalized spacial score (nSPS) is 14.7. The molecular weight excluding hydrogens is 520 g/mol. The standard InChI is InChI=1S/C37H28N2OS/c1-37(2)28-19-17-25(21-32(28)40-34-29(37)20-18-27-26-15-9-10-16-33(26)41-35(27)34)31-22-30(23-11-5-3-6-12-23)38-36(39-31)24-13-7-4-8-14-24/h3-9,11-15,17-22H,10,16H2,1-2H3. The summed E-state index contributed by atoms with van der Waals surface area (Å²) in [6.45, 7) is 4.61. The summed E-state index contributed by atoms with van der Waals surface area (Å²) in [4.78, 5) is 11.5. The molecule has 0 fully saturated rings. The Labute approximate surface area is 243 Å². The smallest absolute Gasteiger partial charge is 0.160 e. The van der Waals surface area contributed by atoms with E-state index in [1.807, 2.05) is 47.7 Å². The van der Waals surface area contributed by atoms with Crippen molar-refractivity contribution in [3.63, 3.8) is 0 Å². The number of hydrogen-bond donors (Lipinski definition) is 0. The quantitative estimate of drug-likeness (QED) is 0.221. The highest BCUT2D eigenvalue weighted by atomic mass is 32.1. The molecule has 2 aromatic heterocycles. The fraction of sp³-hybridized carbons (Fsp3) is 0.135. The highest BCUT2D eigenvalue weighted by molar-refractivity contribution is 7.19. The van der Waals surface area contributed by atoms with E-state index >= 15 is 0 Å². The molecule has 0 saturated heterocycles. The molecule has 0 unspecified atom stereocenters. The molecule has 0 amide bonds. The van der Waals surface area contributed by atoms with Crippen LogP contribution in [0.15, 0.2) is 103 Å². The summed E-state index contributed by atoms with van der Waals surface area (Å²) >= 11 is 1.89. The zero-order chi connectivity index (χ0) is 27.6. The first kappa shape index (κ1) is 24.3. The van der Waals surface area contributed by atoms with E-state index in [2.05, 4.69) is 86.7 Å². The number of aromatic nitrogens is 2. The highest BCUT2D eigenvalue weighted by Crippen LogP contribution is 2.53. The van der Waals surface area contributed by atoms with Crippen LogP contribution < -0.4 is 4.74 Å². The average molecular weight is 549 g/mol. The van der Waals surface area contributed by atoms with E-state index in [-0.39, 0.29) is 5.41 Å². The fourth-order valence-corrected chi connectivity index (χ4v) is 7.47. The third-order valence-corrected chi connectivity index (χ3v) is 9.69. The van der Waals surface area contributed by atoms with Gasteiger partial charge in [0, 0.05) is 43.5 Å². The second-order valence-electron chi connectivity index (χ2n) is 11.3. The Morgan fingerprint density at radius 3 is 2.22 bits per heavy atom. The molecule has 8 rings (SSSR count). The Bertz CT molecular complexity index is 1930. The fourth-order valence-electron chi connectivity index (χ4n) is 6.19. The molecule has 0 radical (unpaired) electrons. The predicted molar refractivity (Wildman–Crippen MR) is 170 cm³/mol. The zero-order valence-electron chi connectivity index (χ0n) is 23.0. The van der Waals surface area contributed by atoms with Crippen LogP contribution in [0.2, 0.25) is 0 Å². The van der Waals surface area contributed by atoms with Crippen LogP contribution >= 0.6 is 11.3 Å². The van der Waals surface area contributed by atoms with Gasteiger partial charge in [-0.2, -0.15) is 0 Å². The van der Waals surface area contributed by atoms with Crippen LogP contribution in [0.1, 0.15) is 41.8 Å². The lowest BCUT2D eigenvalue weighted by molar-refractivity contribution is 0.424. The van der Waals surface area contributed by atoms with Gasteiger partial charge in [0.05, 0.1) is 16.1 Å². The Morgan fingerprint density at radius 2 is 1.44 bits per heavy atom. The minimum Gasteiger partial charge on any atom is -0.455 e. The van der Waals surface area contributed by atoms with Crippen LogP contribution in [0.5, 0.6) is 11.5 Å². The van der Waals surface area contributed by atoms with Gasteiger partial charge in [-0.1, -0.05) is 111 Å². The Morgan fingerprint density at radius 1 is 0.732 bits per heavy atom. The summed E-state index contributed by atoms with van der Waals surface area (Å²) in [5.41, 5.74) is 8.46. The van der Waals surface area contributed by atoms with Crippen molar-refractivity contribution in [1.82, 2.24) is 9.97 Å². The van der Waals surface area contributed by atoms with E-state index < -0.39 is 0 Å². The van der Waals surface area contributed by atoms with Crippen LogP contribution in [0.4, 0.5) is 0 Å². The first-order valence-corrected chi connectivity index (χ1v) is 15.0. The van der Waals surface area contributed by atoms with Crippen molar-refractivity contribution in [3.05, 3.63) is 125 Å². The summed E-state index contributed by atoms with van der Waals surface area (Å²) in [7, 11) is 0. The number of benzene rings is 4. The van der Waals surface area contributed by atoms with E-state index in [0.29, 0.717) is 5.82 Å². The lowest BCUT2D eigenvalue weighted by atomic mass is 9.75. The predicted octanol–water partition coefficient (Wildman–Crippen LogP) is 10.1. The van der Waals surface area contributed by atoms with Crippen molar-refractivity contribution in [2.24, 2.45) is 0 Å². The number of hydrogen-bond acceptors (Lipinski definition) is 4.